The number of ether oxygens (including phenoxy) is 1. The Morgan fingerprint density at radius 1 is 1.21 bits per heavy atom. The van der Waals surface area contributed by atoms with Crippen molar-refractivity contribution < 1.29 is 22.7 Å². The molecule has 0 bridgehead atoms. The Bertz CT molecular complexity index is 1180. The van der Waals surface area contributed by atoms with Crippen LogP contribution >= 0.6 is 11.6 Å². The van der Waals surface area contributed by atoms with Gasteiger partial charge in [0.15, 0.2) is 5.69 Å². The monoisotopic (exact) mass is 550 g/mol. The largest absolute Gasteiger partial charge is 0.434 e. The van der Waals surface area contributed by atoms with Crippen molar-refractivity contribution in [2.75, 3.05) is 62.2 Å². The molecule has 1 aromatic heterocycles. The third kappa shape index (κ3) is 4.85. The number of piperidine rings is 1. The number of rotatable bonds is 4. The van der Waals surface area contributed by atoms with Crippen LogP contribution in [0, 0.1) is 11.3 Å². The van der Waals surface area contributed by atoms with E-state index in [1.165, 1.54) is 6.08 Å². The summed E-state index contributed by atoms with van der Waals surface area (Å²) < 4.78 is 48.2. The second kappa shape index (κ2) is 10.1. The molecule has 204 valence electrons. The van der Waals surface area contributed by atoms with Crippen LogP contribution in [0.15, 0.2) is 29.8 Å². The van der Waals surface area contributed by atoms with E-state index in [0.29, 0.717) is 70.2 Å². The lowest BCUT2D eigenvalue weighted by Gasteiger charge is -2.49. The highest BCUT2D eigenvalue weighted by Gasteiger charge is 2.45. The van der Waals surface area contributed by atoms with E-state index in [4.69, 9.17) is 16.3 Å². The Hall–Kier alpha value is -2.81. The summed E-state index contributed by atoms with van der Waals surface area (Å²) in [7, 11) is 0. The van der Waals surface area contributed by atoms with Gasteiger partial charge in [-0.2, -0.15) is 18.4 Å². The first-order valence-electron chi connectivity index (χ1n) is 12.8. The van der Waals surface area contributed by atoms with E-state index in [9.17, 15) is 23.2 Å². The molecule has 0 saturated carbocycles. The second-order valence-corrected chi connectivity index (χ2v) is 10.7. The highest BCUT2D eigenvalue weighted by molar-refractivity contribution is 6.31. The number of amides is 1. The maximum atomic E-state index is 14.0. The lowest BCUT2D eigenvalue weighted by atomic mass is 9.91. The minimum absolute atomic E-state index is 0.0986. The third-order valence-corrected chi connectivity index (χ3v) is 8.48. The summed E-state index contributed by atoms with van der Waals surface area (Å²) in [4.78, 5) is 23.4. The summed E-state index contributed by atoms with van der Waals surface area (Å²) >= 11 is 6.45. The summed E-state index contributed by atoms with van der Waals surface area (Å²) in [5, 5.41) is 10.4. The maximum absolute atomic E-state index is 14.0. The molecule has 3 saturated heterocycles. The minimum Gasteiger partial charge on any atom is -0.367 e. The van der Waals surface area contributed by atoms with Crippen molar-refractivity contribution in [2.24, 2.45) is 0 Å². The molecule has 12 heteroatoms. The van der Waals surface area contributed by atoms with Gasteiger partial charge in [0, 0.05) is 69.5 Å². The summed E-state index contributed by atoms with van der Waals surface area (Å²) in [6.45, 7) is 9.84. The number of nitriles is 1. The number of carbonyl (C=O) groups is 1. The molecule has 0 unspecified atom stereocenters. The van der Waals surface area contributed by atoms with E-state index in [-0.39, 0.29) is 29.6 Å². The molecule has 1 aromatic rings. The number of anilines is 2. The van der Waals surface area contributed by atoms with Crippen molar-refractivity contribution in [1.29, 1.82) is 5.26 Å². The Kier molecular flexibility index (Phi) is 7.09. The number of alkyl halides is 3. The summed E-state index contributed by atoms with van der Waals surface area (Å²) in [6, 6.07) is 3.51. The van der Waals surface area contributed by atoms with Crippen LogP contribution in [0.3, 0.4) is 0 Å². The average molecular weight is 551 g/mol. The average Bonchev–Trinajstić information content (AvgIpc) is 3.14. The Labute approximate surface area is 224 Å². The van der Waals surface area contributed by atoms with E-state index in [1.54, 1.807) is 17.0 Å². The molecule has 0 aliphatic carbocycles. The number of carbonyl (C=O) groups excluding carboxylic acids is 1. The zero-order valence-corrected chi connectivity index (χ0v) is 21.9. The summed E-state index contributed by atoms with van der Waals surface area (Å²) in [5.74, 6) is 0.103. The fourth-order valence-corrected chi connectivity index (χ4v) is 6.23. The van der Waals surface area contributed by atoms with Crippen LogP contribution in [0.4, 0.5) is 24.7 Å². The number of aromatic nitrogens is 1. The SMILES string of the molecule is C=CC(=O)N1CCN(C2CN(c3cc(N4CCC5(CC4)O[C@@H](C)C=C5Cl)nc(C(F)(F)F)c3C#N)C2)CC1. The first kappa shape index (κ1) is 26.8. The number of piperazine rings is 1. The van der Waals surface area contributed by atoms with Crippen LogP contribution in [-0.2, 0) is 15.7 Å². The molecule has 0 N–H and O–H groups in total. The van der Waals surface area contributed by atoms with E-state index in [2.05, 4.69) is 16.5 Å². The molecule has 1 amide bonds. The maximum Gasteiger partial charge on any atom is 0.434 e. The number of hydrogen-bond donors (Lipinski definition) is 0. The molecule has 4 aliphatic rings. The highest BCUT2D eigenvalue weighted by atomic mass is 35.5. The molecule has 3 fully saturated rings. The molecule has 8 nitrogen and oxygen atoms in total. The molecule has 0 aromatic carbocycles. The van der Waals surface area contributed by atoms with Crippen LogP contribution in [0.5, 0.6) is 0 Å². The fraction of sp³-hybridized carbons (Fsp3) is 0.577. The van der Waals surface area contributed by atoms with Gasteiger partial charge < -0.3 is 19.4 Å². The molecule has 1 atom stereocenters. The highest BCUT2D eigenvalue weighted by Crippen LogP contribution is 2.44. The van der Waals surface area contributed by atoms with Crippen molar-refractivity contribution in [3.8, 4) is 6.07 Å². The van der Waals surface area contributed by atoms with Crippen molar-refractivity contribution >= 4 is 29.0 Å². The van der Waals surface area contributed by atoms with Gasteiger partial charge in [-0.25, -0.2) is 4.98 Å². The van der Waals surface area contributed by atoms with Gasteiger partial charge in [0.2, 0.25) is 5.91 Å². The van der Waals surface area contributed by atoms with Gasteiger partial charge in [0.25, 0.3) is 0 Å². The van der Waals surface area contributed by atoms with E-state index in [0.717, 1.165) is 0 Å². The number of halogens is 4. The summed E-state index contributed by atoms with van der Waals surface area (Å²) in [6.07, 6.45) is -0.613. The van der Waals surface area contributed by atoms with E-state index < -0.39 is 23.0 Å². The Morgan fingerprint density at radius 3 is 2.39 bits per heavy atom. The first-order valence-corrected chi connectivity index (χ1v) is 13.2. The molecule has 4 aliphatic heterocycles. The van der Waals surface area contributed by atoms with Crippen molar-refractivity contribution in [3.05, 3.63) is 41.1 Å². The Morgan fingerprint density at radius 2 is 1.87 bits per heavy atom. The third-order valence-electron chi connectivity index (χ3n) is 8.01. The molecule has 5 heterocycles. The standard InChI is InChI=1S/C26H30ClF3N6O2/c1-3-23(37)35-10-8-33(9-11-35)18-15-36(16-18)20-13-22(32-24(19(20)14-31)26(28,29)30)34-6-4-25(5-7-34)21(27)12-17(2)38-25/h3,12-13,17-18H,1,4-11,15-16H2,2H3/t17-/m0/s1. The molecular formula is C26H30ClF3N6O2. The van der Waals surface area contributed by atoms with Crippen molar-refractivity contribution in [3.63, 3.8) is 0 Å². The molecule has 0 radical (unpaired) electrons. The normalized spacial score (nSPS) is 24.3. The number of nitrogens with zero attached hydrogens (tertiary/aromatic N) is 6. The Balaban J connectivity index is 1.33. The van der Waals surface area contributed by atoms with E-state index >= 15 is 0 Å². The topological polar surface area (TPSA) is 75.9 Å². The van der Waals surface area contributed by atoms with Gasteiger partial charge >= 0.3 is 6.18 Å². The van der Waals surface area contributed by atoms with Gasteiger partial charge in [-0.1, -0.05) is 18.2 Å². The fourth-order valence-electron chi connectivity index (χ4n) is 5.82. The quantitative estimate of drug-likeness (QED) is 0.532. The van der Waals surface area contributed by atoms with Crippen molar-refractivity contribution in [2.45, 2.75) is 43.7 Å². The predicted octanol–water partition coefficient (Wildman–Crippen LogP) is 3.37. The molecule has 38 heavy (non-hydrogen) atoms. The minimum atomic E-state index is -4.76. The second-order valence-electron chi connectivity index (χ2n) is 10.3. The number of pyridine rings is 1. The van der Waals surface area contributed by atoms with Crippen LogP contribution in [0.2, 0.25) is 0 Å². The van der Waals surface area contributed by atoms with Gasteiger partial charge in [-0.15, -0.1) is 0 Å². The molecule has 5 rings (SSSR count). The van der Waals surface area contributed by atoms with Crippen LogP contribution < -0.4 is 9.80 Å². The molecule has 1 spiro atoms. The van der Waals surface area contributed by atoms with E-state index in [1.807, 2.05) is 22.8 Å². The van der Waals surface area contributed by atoms with Gasteiger partial charge in [0.1, 0.15) is 23.1 Å². The lowest BCUT2D eigenvalue weighted by molar-refractivity contribution is -0.141. The molecular weight excluding hydrogens is 521 g/mol. The first-order chi connectivity index (χ1) is 18.0. The predicted molar refractivity (Wildman–Crippen MR) is 137 cm³/mol. The van der Waals surface area contributed by atoms with Crippen molar-refractivity contribution in [1.82, 2.24) is 14.8 Å². The van der Waals surface area contributed by atoms with Gasteiger partial charge in [-0.3, -0.25) is 9.69 Å². The zero-order valence-electron chi connectivity index (χ0n) is 21.2. The van der Waals surface area contributed by atoms with Crippen LogP contribution in [-0.4, -0.2) is 90.8 Å². The summed E-state index contributed by atoms with van der Waals surface area (Å²) in [5.41, 5.74) is -1.94. The smallest absolute Gasteiger partial charge is 0.367 e. The number of hydrogen-bond acceptors (Lipinski definition) is 7. The lowest BCUT2D eigenvalue weighted by Crippen LogP contribution is -2.63. The zero-order chi connectivity index (χ0) is 27.2. The van der Waals surface area contributed by atoms with Gasteiger partial charge in [0.05, 0.1) is 11.8 Å². The van der Waals surface area contributed by atoms with Gasteiger partial charge in [-0.05, 0) is 31.9 Å². The van der Waals surface area contributed by atoms with Crippen LogP contribution in [0.25, 0.3) is 0 Å². The van der Waals surface area contributed by atoms with Crippen LogP contribution in [0.1, 0.15) is 31.0 Å².